The van der Waals surface area contributed by atoms with Crippen molar-refractivity contribution >= 4 is 10.8 Å². The predicted octanol–water partition coefficient (Wildman–Crippen LogP) is 3.29. The zero-order valence-corrected chi connectivity index (χ0v) is 9.77. The van der Waals surface area contributed by atoms with Crippen LogP contribution in [-0.4, -0.2) is 6.04 Å². The molecule has 3 rings (SSSR count). The standard InChI is InChI=1S/C15H17N/c1-15(2)13(14(15)16)12-8-7-10-5-3-4-6-11(10)9-12/h3-9,13-14H,16H2,1-2H3/t13-,14-/m0/s1. The summed E-state index contributed by atoms with van der Waals surface area (Å²) in [5.74, 6) is 0.525. The average molecular weight is 211 g/mol. The maximum atomic E-state index is 6.12. The summed E-state index contributed by atoms with van der Waals surface area (Å²) in [7, 11) is 0. The minimum Gasteiger partial charge on any atom is -0.327 e. The summed E-state index contributed by atoms with van der Waals surface area (Å²) in [6.07, 6.45) is 0. The summed E-state index contributed by atoms with van der Waals surface area (Å²) >= 11 is 0. The molecule has 1 nitrogen and oxygen atoms in total. The molecule has 0 aromatic heterocycles. The first-order chi connectivity index (χ1) is 7.60. The van der Waals surface area contributed by atoms with Gasteiger partial charge in [0.25, 0.3) is 0 Å². The second kappa shape index (κ2) is 3.08. The zero-order valence-electron chi connectivity index (χ0n) is 9.77. The second-order valence-corrected chi connectivity index (χ2v) is 5.43. The molecule has 1 aliphatic carbocycles. The first-order valence-corrected chi connectivity index (χ1v) is 5.85. The molecule has 2 aromatic rings. The highest BCUT2D eigenvalue weighted by atomic mass is 14.8. The van der Waals surface area contributed by atoms with E-state index < -0.39 is 0 Å². The van der Waals surface area contributed by atoms with Gasteiger partial charge in [0.1, 0.15) is 0 Å². The quantitative estimate of drug-likeness (QED) is 0.769. The van der Waals surface area contributed by atoms with E-state index in [1.807, 2.05) is 0 Å². The zero-order chi connectivity index (χ0) is 11.3. The topological polar surface area (TPSA) is 26.0 Å². The Morgan fingerprint density at radius 1 is 1.00 bits per heavy atom. The van der Waals surface area contributed by atoms with Crippen molar-refractivity contribution in [3.05, 3.63) is 48.0 Å². The molecule has 0 spiro atoms. The van der Waals surface area contributed by atoms with Crippen LogP contribution in [0.3, 0.4) is 0 Å². The van der Waals surface area contributed by atoms with E-state index in [1.54, 1.807) is 0 Å². The Labute approximate surface area is 96.3 Å². The number of nitrogens with two attached hydrogens (primary N) is 1. The van der Waals surface area contributed by atoms with Crippen LogP contribution < -0.4 is 5.73 Å². The lowest BCUT2D eigenvalue weighted by atomic mass is 10.00. The van der Waals surface area contributed by atoms with E-state index in [4.69, 9.17) is 5.73 Å². The molecule has 1 aliphatic rings. The third-order valence-electron chi connectivity index (χ3n) is 4.04. The molecule has 2 N–H and O–H groups in total. The Morgan fingerprint density at radius 2 is 1.62 bits per heavy atom. The molecular formula is C15H17N. The minimum atomic E-state index is 0.266. The molecule has 0 unspecified atom stereocenters. The van der Waals surface area contributed by atoms with Crippen molar-refractivity contribution in [3.8, 4) is 0 Å². The van der Waals surface area contributed by atoms with Gasteiger partial charge in [-0.15, -0.1) is 0 Å². The fraction of sp³-hybridized carbons (Fsp3) is 0.333. The fourth-order valence-electron chi connectivity index (χ4n) is 2.72. The lowest BCUT2D eigenvalue weighted by Gasteiger charge is -2.04. The van der Waals surface area contributed by atoms with Crippen LogP contribution in [-0.2, 0) is 0 Å². The van der Waals surface area contributed by atoms with E-state index in [1.165, 1.54) is 16.3 Å². The van der Waals surface area contributed by atoms with Crippen molar-refractivity contribution in [1.82, 2.24) is 0 Å². The largest absolute Gasteiger partial charge is 0.327 e. The van der Waals surface area contributed by atoms with Crippen molar-refractivity contribution in [3.63, 3.8) is 0 Å². The minimum absolute atomic E-state index is 0.266. The number of benzene rings is 2. The Bertz CT molecular complexity index is 542. The smallest absolute Gasteiger partial charge is 0.0172 e. The highest BCUT2D eigenvalue weighted by molar-refractivity contribution is 5.83. The Kier molecular flexibility index (Phi) is 1.90. The van der Waals surface area contributed by atoms with Crippen molar-refractivity contribution in [2.45, 2.75) is 25.8 Å². The predicted molar refractivity (Wildman–Crippen MR) is 68.4 cm³/mol. The van der Waals surface area contributed by atoms with Gasteiger partial charge in [0.05, 0.1) is 0 Å². The van der Waals surface area contributed by atoms with Gasteiger partial charge in [-0.2, -0.15) is 0 Å². The lowest BCUT2D eigenvalue weighted by Crippen LogP contribution is -2.06. The van der Waals surface area contributed by atoms with E-state index in [0.29, 0.717) is 12.0 Å². The number of rotatable bonds is 1. The van der Waals surface area contributed by atoms with Gasteiger partial charge in [0.15, 0.2) is 0 Å². The normalized spacial score (nSPS) is 26.9. The molecular weight excluding hydrogens is 194 g/mol. The summed E-state index contributed by atoms with van der Waals surface area (Å²) in [5.41, 5.74) is 7.77. The highest BCUT2D eigenvalue weighted by Crippen LogP contribution is 2.57. The second-order valence-electron chi connectivity index (χ2n) is 5.43. The Morgan fingerprint density at radius 3 is 2.25 bits per heavy atom. The van der Waals surface area contributed by atoms with Gasteiger partial charge in [0, 0.05) is 12.0 Å². The molecule has 1 fully saturated rings. The van der Waals surface area contributed by atoms with E-state index in [2.05, 4.69) is 56.3 Å². The van der Waals surface area contributed by atoms with Gasteiger partial charge in [-0.05, 0) is 21.8 Å². The molecule has 0 aliphatic heterocycles. The molecule has 0 radical (unpaired) electrons. The highest BCUT2D eigenvalue weighted by Gasteiger charge is 2.55. The van der Waals surface area contributed by atoms with Gasteiger partial charge in [-0.3, -0.25) is 0 Å². The van der Waals surface area contributed by atoms with Gasteiger partial charge in [-0.25, -0.2) is 0 Å². The van der Waals surface area contributed by atoms with Gasteiger partial charge < -0.3 is 5.73 Å². The van der Waals surface area contributed by atoms with Crippen LogP contribution >= 0.6 is 0 Å². The average Bonchev–Trinajstić information content (AvgIpc) is 2.78. The van der Waals surface area contributed by atoms with Crippen LogP contribution in [0.4, 0.5) is 0 Å². The van der Waals surface area contributed by atoms with Crippen molar-refractivity contribution in [1.29, 1.82) is 0 Å². The Balaban J connectivity index is 2.07. The summed E-state index contributed by atoms with van der Waals surface area (Å²) in [6, 6.07) is 15.5. The van der Waals surface area contributed by atoms with Crippen molar-refractivity contribution in [2.24, 2.45) is 11.1 Å². The summed E-state index contributed by atoms with van der Waals surface area (Å²) in [4.78, 5) is 0. The molecule has 1 heteroatoms. The summed E-state index contributed by atoms with van der Waals surface area (Å²) in [6.45, 7) is 4.50. The molecule has 16 heavy (non-hydrogen) atoms. The fourth-order valence-corrected chi connectivity index (χ4v) is 2.72. The number of hydrogen-bond donors (Lipinski definition) is 1. The summed E-state index contributed by atoms with van der Waals surface area (Å²) < 4.78 is 0. The van der Waals surface area contributed by atoms with Crippen LogP contribution in [0.5, 0.6) is 0 Å². The van der Waals surface area contributed by atoms with E-state index in [-0.39, 0.29) is 5.41 Å². The molecule has 82 valence electrons. The maximum absolute atomic E-state index is 6.12. The van der Waals surface area contributed by atoms with Crippen molar-refractivity contribution < 1.29 is 0 Å². The molecule has 1 saturated carbocycles. The molecule has 0 saturated heterocycles. The van der Waals surface area contributed by atoms with Crippen LogP contribution in [0, 0.1) is 5.41 Å². The monoisotopic (exact) mass is 211 g/mol. The molecule has 2 atom stereocenters. The van der Waals surface area contributed by atoms with Crippen LogP contribution in [0.15, 0.2) is 42.5 Å². The SMILES string of the molecule is CC1(C)[C@@H](N)[C@@H]1c1ccc2ccccc2c1. The van der Waals surface area contributed by atoms with E-state index in [9.17, 15) is 0 Å². The third-order valence-corrected chi connectivity index (χ3v) is 4.04. The molecule has 0 amide bonds. The molecule has 0 heterocycles. The maximum Gasteiger partial charge on any atom is 0.0172 e. The first-order valence-electron chi connectivity index (χ1n) is 5.85. The molecule has 0 bridgehead atoms. The van der Waals surface area contributed by atoms with Crippen LogP contribution in [0.2, 0.25) is 0 Å². The third kappa shape index (κ3) is 1.28. The number of fused-ring (bicyclic) bond motifs is 1. The first kappa shape index (κ1) is 9.86. The van der Waals surface area contributed by atoms with Gasteiger partial charge >= 0.3 is 0 Å². The van der Waals surface area contributed by atoms with Crippen LogP contribution in [0.25, 0.3) is 10.8 Å². The molecule has 2 aromatic carbocycles. The van der Waals surface area contributed by atoms with E-state index in [0.717, 1.165) is 0 Å². The summed E-state index contributed by atoms with van der Waals surface area (Å²) in [5, 5.41) is 2.62. The van der Waals surface area contributed by atoms with Crippen LogP contribution in [0.1, 0.15) is 25.3 Å². The van der Waals surface area contributed by atoms with Crippen molar-refractivity contribution in [2.75, 3.05) is 0 Å². The Hall–Kier alpha value is -1.34. The van der Waals surface area contributed by atoms with E-state index >= 15 is 0 Å². The van der Waals surface area contributed by atoms with Gasteiger partial charge in [-0.1, -0.05) is 56.3 Å². The lowest BCUT2D eigenvalue weighted by molar-refractivity contribution is 0.599. The van der Waals surface area contributed by atoms with Gasteiger partial charge in [0.2, 0.25) is 0 Å². The number of hydrogen-bond acceptors (Lipinski definition) is 1.